The molecule has 1 aromatic heterocycles. The van der Waals surface area contributed by atoms with Crippen molar-refractivity contribution in [3.8, 4) is 0 Å². The molecule has 2 rings (SSSR count). The zero-order chi connectivity index (χ0) is 14.8. The predicted octanol–water partition coefficient (Wildman–Crippen LogP) is 2.51. The summed E-state index contributed by atoms with van der Waals surface area (Å²) in [5.74, 6) is 0. The van der Waals surface area contributed by atoms with Gasteiger partial charge in [0, 0.05) is 12.7 Å². The first-order chi connectivity index (χ1) is 9.38. The number of ether oxygens (including phenoxy) is 1. The maximum absolute atomic E-state index is 12.3. The first-order valence-electron chi connectivity index (χ1n) is 6.97. The number of carbonyl (C=O) groups is 1. The van der Waals surface area contributed by atoms with Crippen LogP contribution in [0, 0.1) is 0 Å². The zero-order valence-corrected chi connectivity index (χ0v) is 12.2. The van der Waals surface area contributed by atoms with Crippen LogP contribution in [0.2, 0.25) is 0 Å². The average molecular weight is 278 g/mol. The zero-order valence-electron chi connectivity index (χ0n) is 12.2. The van der Waals surface area contributed by atoms with Crippen molar-refractivity contribution in [3.05, 3.63) is 30.1 Å². The van der Waals surface area contributed by atoms with E-state index >= 15 is 0 Å². The molecule has 1 amide bonds. The van der Waals surface area contributed by atoms with Gasteiger partial charge in [0.15, 0.2) is 0 Å². The number of hydrogen-bond donors (Lipinski definition) is 1. The SMILES string of the molecule is CC(C)(C)OC(=O)N1CCCC(O)C1c1ccccn1. The molecule has 5 heteroatoms. The number of amides is 1. The normalized spacial score (nSPS) is 23.5. The largest absolute Gasteiger partial charge is 0.444 e. The van der Waals surface area contributed by atoms with E-state index in [4.69, 9.17) is 4.74 Å². The topological polar surface area (TPSA) is 62.7 Å². The molecule has 110 valence electrons. The second-order valence-electron chi connectivity index (χ2n) is 6.08. The van der Waals surface area contributed by atoms with Gasteiger partial charge in [-0.3, -0.25) is 9.88 Å². The van der Waals surface area contributed by atoms with E-state index in [-0.39, 0.29) is 0 Å². The summed E-state index contributed by atoms with van der Waals surface area (Å²) in [4.78, 5) is 18.2. The highest BCUT2D eigenvalue weighted by molar-refractivity contribution is 5.69. The Morgan fingerprint density at radius 1 is 1.45 bits per heavy atom. The summed E-state index contributed by atoms with van der Waals surface area (Å²) in [5, 5.41) is 10.3. The lowest BCUT2D eigenvalue weighted by atomic mass is 9.96. The summed E-state index contributed by atoms with van der Waals surface area (Å²) in [6.45, 7) is 6.08. The lowest BCUT2D eigenvalue weighted by Gasteiger charge is -2.39. The van der Waals surface area contributed by atoms with Gasteiger partial charge < -0.3 is 9.84 Å². The minimum absolute atomic E-state index is 0.396. The number of aliphatic hydroxyl groups is 1. The van der Waals surface area contributed by atoms with Crippen LogP contribution in [0.3, 0.4) is 0 Å². The Balaban J connectivity index is 2.23. The van der Waals surface area contributed by atoms with Gasteiger partial charge in [0.05, 0.1) is 11.8 Å². The number of hydrogen-bond acceptors (Lipinski definition) is 4. The van der Waals surface area contributed by atoms with E-state index < -0.39 is 23.8 Å². The van der Waals surface area contributed by atoms with Gasteiger partial charge in [-0.05, 0) is 45.7 Å². The van der Waals surface area contributed by atoms with Crippen molar-refractivity contribution in [1.29, 1.82) is 0 Å². The van der Waals surface area contributed by atoms with Crippen LogP contribution >= 0.6 is 0 Å². The number of rotatable bonds is 1. The fourth-order valence-electron chi connectivity index (χ4n) is 2.41. The van der Waals surface area contributed by atoms with Gasteiger partial charge in [-0.15, -0.1) is 0 Å². The molecule has 0 spiro atoms. The number of piperidine rings is 1. The molecule has 1 aromatic rings. The van der Waals surface area contributed by atoms with E-state index in [1.54, 1.807) is 11.1 Å². The molecule has 2 heterocycles. The Kier molecular flexibility index (Phi) is 4.28. The lowest BCUT2D eigenvalue weighted by molar-refractivity contribution is -0.0249. The monoisotopic (exact) mass is 278 g/mol. The third kappa shape index (κ3) is 3.48. The molecule has 2 atom stereocenters. The van der Waals surface area contributed by atoms with Crippen LogP contribution in [0.5, 0.6) is 0 Å². The number of aliphatic hydroxyl groups excluding tert-OH is 1. The van der Waals surface area contributed by atoms with Crippen molar-refractivity contribution in [2.75, 3.05) is 6.54 Å². The third-order valence-electron chi connectivity index (χ3n) is 3.22. The third-order valence-corrected chi connectivity index (χ3v) is 3.22. The number of nitrogens with zero attached hydrogens (tertiary/aromatic N) is 2. The van der Waals surface area contributed by atoms with Crippen molar-refractivity contribution in [3.63, 3.8) is 0 Å². The molecule has 0 saturated carbocycles. The van der Waals surface area contributed by atoms with Crippen LogP contribution in [-0.2, 0) is 4.74 Å². The molecule has 5 nitrogen and oxygen atoms in total. The molecule has 0 radical (unpaired) electrons. The van der Waals surface area contributed by atoms with Crippen LogP contribution < -0.4 is 0 Å². The molecular formula is C15H22N2O3. The molecule has 1 saturated heterocycles. The number of carbonyl (C=O) groups excluding carboxylic acids is 1. The Morgan fingerprint density at radius 3 is 2.80 bits per heavy atom. The van der Waals surface area contributed by atoms with Gasteiger partial charge >= 0.3 is 6.09 Å². The van der Waals surface area contributed by atoms with Crippen molar-refractivity contribution in [1.82, 2.24) is 9.88 Å². The Morgan fingerprint density at radius 2 is 2.20 bits per heavy atom. The Hall–Kier alpha value is -1.62. The summed E-state index contributed by atoms with van der Waals surface area (Å²) in [6.07, 6.45) is 2.10. The van der Waals surface area contributed by atoms with Crippen molar-refractivity contribution >= 4 is 6.09 Å². The van der Waals surface area contributed by atoms with E-state index in [0.717, 1.165) is 6.42 Å². The van der Waals surface area contributed by atoms with Crippen LogP contribution in [-0.4, -0.2) is 39.3 Å². The maximum Gasteiger partial charge on any atom is 0.410 e. The van der Waals surface area contributed by atoms with Gasteiger partial charge in [-0.1, -0.05) is 6.07 Å². The number of aromatic nitrogens is 1. The van der Waals surface area contributed by atoms with Crippen LogP contribution in [0.25, 0.3) is 0 Å². The summed E-state index contributed by atoms with van der Waals surface area (Å²) < 4.78 is 5.43. The molecular weight excluding hydrogens is 256 g/mol. The molecule has 1 aliphatic rings. The van der Waals surface area contributed by atoms with Gasteiger partial charge in [-0.25, -0.2) is 4.79 Å². The van der Waals surface area contributed by atoms with Gasteiger partial charge in [0.2, 0.25) is 0 Å². The molecule has 0 aliphatic carbocycles. The quantitative estimate of drug-likeness (QED) is 0.857. The van der Waals surface area contributed by atoms with Gasteiger partial charge in [-0.2, -0.15) is 0 Å². The first-order valence-corrected chi connectivity index (χ1v) is 6.97. The van der Waals surface area contributed by atoms with E-state index in [1.807, 2.05) is 39.0 Å². The molecule has 0 bridgehead atoms. The maximum atomic E-state index is 12.3. The predicted molar refractivity (Wildman–Crippen MR) is 75.2 cm³/mol. The van der Waals surface area contributed by atoms with E-state index in [0.29, 0.717) is 18.7 Å². The molecule has 1 N–H and O–H groups in total. The summed E-state index contributed by atoms with van der Waals surface area (Å²) in [6, 6.07) is 5.07. The second kappa shape index (κ2) is 5.79. The Bertz CT molecular complexity index is 456. The van der Waals surface area contributed by atoms with Crippen molar-refractivity contribution in [2.24, 2.45) is 0 Å². The fourth-order valence-corrected chi connectivity index (χ4v) is 2.41. The van der Waals surface area contributed by atoms with Crippen molar-refractivity contribution < 1.29 is 14.6 Å². The molecule has 1 aliphatic heterocycles. The lowest BCUT2D eigenvalue weighted by Crippen LogP contribution is -2.47. The smallest absolute Gasteiger partial charge is 0.410 e. The number of likely N-dealkylation sites (tertiary alicyclic amines) is 1. The van der Waals surface area contributed by atoms with Crippen molar-refractivity contribution in [2.45, 2.75) is 51.4 Å². The fraction of sp³-hybridized carbons (Fsp3) is 0.600. The molecule has 0 aromatic carbocycles. The second-order valence-corrected chi connectivity index (χ2v) is 6.08. The van der Waals surface area contributed by atoms with Crippen LogP contribution in [0.4, 0.5) is 4.79 Å². The van der Waals surface area contributed by atoms with Gasteiger partial charge in [0.25, 0.3) is 0 Å². The summed E-state index contributed by atoms with van der Waals surface area (Å²) in [7, 11) is 0. The van der Waals surface area contributed by atoms with Crippen LogP contribution in [0.15, 0.2) is 24.4 Å². The molecule has 1 fully saturated rings. The van der Waals surface area contributed by atoms with E-state index in [1.165, 1.54) is 0 Å². The van der Waals surface area contributed by atoms with E-state index in [2.05, 4.69) is 4.98 Å². The molecule has 20 heavy (non-hydrogen) atoms. The van der Waals surface area contributed by atoms with E-state index in [9.17, 15) is 9.90 Å². The average Bonchev–Trinajstić information content (AvgIpc) is 2.37. The van der Waals surface area contributed by atoms with Crippen LogP contribution in [0.1, 0.15) is 45.3 Å². The number of pyridine rings is 1. The minimum atomic E-state index is -0.605. The highest BCUT2D eigenvalue weighted by Crippen LogP contribution is 2.31. The summed E-state index contributed by atoms with van der Waals surface area (Å²) in [5.41, 5.74) is 0.152. The Labute approximate surface area is 119 Å². The first kappa shape index (κ1) is 14.8. The highest BCUT2D eigenvalue weighted by Gasteiger charge is 2.37. The highest BCUT2D eigenvalue weighted by atomic mass is 16.6. The molecule has 2 unspecified atom stereocenters. The standard InChI is InChI=1S/C15H22N2O3/c1-15(2,3)20-14(19)17-10-6-8-12(18)13(17)11-7-4-5-9-16-11/h4-5,7,9,12-13,18H,6,8,10H2,1-3H3. The van der Waals surface area contributed by atoms with Gasteiger partial charge in [0.1, 0.15) is 11.6 Å². The summed E-state index contributed by atoms with van der Waals surface area (Å²) >= 11 is 0. The minimum Gasteiger partial charge on any atom is -0.444 e.